The lowest BCUT2D eigenvalue weighted by molar-refractivity contribution is 0.0976. The molecule has 1 unspecified atom stereocenters. The Morgan fingerprint density at radius 3 is 2.65 bits per heavy atom. The summed E-state index contributed by atoms with van der Waals surface area (Å²) in [6.07, 6.45) is 3.35. The van der Waals surface area contributed by atoms with E-state index in [0.717, 1.165) is 0 Å². The fraction of sp³-hybridized carbons (Fsp3) is 0.143. The molecule has 0 amide bonds. The van der Waals surface area contributed by atoms with Crippen LogP contribution < -0.4 is 0 Å². The van der Waals surface area contributed by atoms with Gasteiger partial charge in [0.05, 0.1) is 11.1 Å². The van der Waals surface area contributed by atoms with Crippen molar-refractivity contribution in [3.63, 3.8) is 0 Å². The van der Waals surface area contributed by atoms with Crippen LogP contribution in [0.3, 0.4) is 0 Å². The minimum atomic E-state index is -1.09. The van der Waals surface area contributed by atoms with Crippen LogP contribution in [0.15, 0.2) is 41.6 Å². The van der Waals surface area contributed by atoms with Crippen molar-refractivity contribution in [2.24, 2.45) is 0 Å². The number of nitrogens with zero attached hydrogens (tertiary/aromatic N) is 3. The Labute approximate surface area is 119 Å². The number of hydrogen-bond acceptors (Lipinski definition) is 5. The Bertz CT molecular complexity index is 667. The van der Waals surface area contributed by atoms with E-state index in [9.17, 15) is 14.4 Å². The van der Waals surface area contributed by atoms with Crippen molar-refractivity contribution in [2.45, 2.75) is 10.9 Å². The number of rotatable bonds is 4. The predicted octanol–water partition coefficient (Wildman–Crippen LogP) is 2.83. The summed E-state index contributed by atoms with van der Waals surface area (Å²) in [5.74, 6) is -1.80. The number of carbonyl (C=O) groups excluding carboxylic acids is 1. The van der Waals surface area contributed by atoms with Crippen LogP contribution in [0.4, 0.5) is 4.39 Å². The zero-order chi connectivity index (χ0) is 14.5. The van der Waals surface area contributed by atoms with Crippen molar-refractivity contribution in [3.8, 4) is 6.07 Å². The summed E-state index contributed by atoms with van der Waals surface area (Å²) in [5, 5.41) is 9.88. The number of ketones is 1. The number of Topliss-reactive ketones (excluding diaryl/α,β-unsaturated/α-hetero) is 1. The van der Waals surface area contributed by atoms with E-state index in [1.165, 1.54) is 42.2 Å². The van der Waals surface area contributed by atoms with E-state index in [-0.39, 0.29) is 11.4 Å². The average molecular weight is 287 g/mol. The molecule has 2 rings (SSSR count). The van der Waals surface area contributed by atoms with E-state index in [1.54, 1.807) is 6.07 Å². The van der Waals surface area contributed by atoms with Crippen molar-refractivity contribution in [1.29, 1.82) is 5.26 Å². The van der Waals surface area contributed by atoms with Crippen molar-refractivity contribution in [3.05, 3.63) is 53.7 Å². The van der Waals surface area contributed by atoms with Gasteiger partial charge in [0, 0.05) is 11.8 Å². The number of aromatic nitrogens is 2. The van der Waals surface area contributed by atoms with Gasteiger partial charge in [-0.15, -0.1) is 11.8 Å². The number of nitriles is 1. The van der Waals surface area contributed by atoms with Crippen LogP contribution in [0.1, 0.15) is 22.1 Å². The second-order valence-electron chi connectivity index (χ2n) is 3.89. The van der Waals surface area contributed by atoms with E-state index in [0.29, 0.717) is 5.03 Å². The lowest BCUT2D eigenvalue weighted by atomic mass is 9.98. The van der Waals surface area contributed by atoms with Gasteiger partial charge in [0.2, 0.25) is 0 Å². The zero-order valence-electron chi connectivity index (χ0n) is 10.6. The summed E-state index contributed by atoms with van der Waals surface area (Å²) in [6, 6.07) is 8.66. The monoisotopic (exact) mass is 287 g/mol. The highest BCUT2D eigenvalue weighted by molar-refractivity contribution is 7.98. The molecule has 0 bridgehead atoms. The molecular formula is C14H10FN3OS. The summed E-state index contributed by atoms with van der Waals surface area (Å²) >= 11 is 1.40. The van der Waals surface area contributed by atoms with Gasteiger partial charge in [-0.2, -0.15) is 5.26 Å². The highest BCUT2D eigenvalue weighted by Crippen LogP contribution is 2.19. The summed E-state index contributed by atoms with van der Waals surface area (Å²) in [5.41, 5.74) is 0.260. The smallest absolute Gasteiger partial charge is 0.187 e. The first kappa shape index (κ1) is 14.2. The van der Waals surface area contributed by atoms with E-state index in [4.69, 9.17) is 0 Å². The van der Waals surface area contributed by atoms with Crippen LogP contribution in [0.25, 0.3) is 0 Å². The second kappa shape index (κ2) is 6.26. The van der Waals surface area contributed by atoms with E-state index < -0.39 is 17.5 Å². The normalized spacial score (nSPS) is 11.7. The largest absolute Gasteiger partial charge is 0.292 e. The SMILES string of the molecule is CSc1ccnc(C(C#N)C(=O)c2ccc(F)cc2)n1. The standard InChI is InChI=1S/C14H10FN3OS/c1-20-12-6-7-17-14(18-12)11(8-16)13(19)9-2-4-10(15)5-3-9/h2-7,11H,1H3. The molecular weight excluding hydrogens is 277 g/mol. The molecule has 0 saturated carbocycles. The van der Waals surface area contributed by atoms with Gasteiger partial charge >= 0.3 is 0 Å². The number of thioether (sulfide) groups is 1. The van der Waals surface area contributed by atoms with Gasteiger partial charge in [-0.3, -0.25) is 4.79 Å². The van der Waals surface area contributed by atoms with Gasteiger partial charge in [-0.05, 0) is 36.6 Å². The molecule has 6 heteroatoms. The molecule has 4 nitrogen and oxygen atoms in total. The van der Waals surface area contributed by atoms with Crippen LogP contribution >= 0.6 is 11.8 Å². The van der Waals surface area contributed by atoms with Crippen molar-refractivity contribution in [1.82, 2.24) is 9.97 Å². The fourth-order valence-corrected chi connectivity index (χ4v) is 2.01. The zero-order valence-corrected chi connectivity index (χ0v) is 11.4. The second-order valence-corrected chi connectivity index (χ2v) is 4.72. The lowest BCUT2D eigenvalue weighted by Crippen LogP contribution is -2.14. The Balaban J connectivity index is 2.34. The quantitative estimate of drug-likeness (QED) is 0.491. The Morgan fingerprint density at radius 1 is 1.35 bits per heavy atom. The summed E-state index contributed by atoms with van der Waals surface area (Å²) < 4.78 is 12.9. The summed E-state index contributed by atoms with van der Waals surface area (Å²) in [6.45, 7) is 0. The molecule has 0 aliphatic carbocycles. The van der Waals surface area contributed by atoms with Crippen LogP contribution in [-0.4, -0.2) is 22.0 Å². The molecule has 0 aliphatic heterocycles. The molecule has 2 aromatic rings. The molecule has 0 N–H and O–H groups in total. The minimum absolute atomic E-state index is 0.161. The maximum absolute atomic E-state index is 12.9. The maximum atomic E-state index is 12.9. The highest BCUT2D eigenvalue weighted by Gasteiger charge is 2.24. The number of benzene rings is 1. The van der Waals surface area contributed by atoms with Gasteiger partial charge in [-0.25, -0.2) is 14.4 Å². The number of halogens is 1. The first-order valence-electron chi connectivity index (χ1n) is 5.72. The topological polar surface area (TPSA) is 66.6 Å². The molecule has 100 valence electrons. The maximum Gasteiger partial charge on any atom is 0.187 e. The molecule has 0 fully saturated rings. The molecule has 0 spiro atoms. The molecule has 1 heterocycles. The highest BCUT2D eigenvalue weighted by atomic mass is 32.2. The molecule has 0 radical (unpaired) electrons. The van der Waals surface area contributed by atoms with Crippen LogP contribution in [0.2, 0.25) is 0 Å². The molecule has 1 atom stereocenters. The van der Waals surface area contributed by atoms with Crippen LogP contribution in [0.5, 0.6) is 0 Å². The average Bonchev–Trinajstić information content (AvgIpc) is 2.49. The van der Waals surface area contributed by atoms with Gasteiger partial charge < -0.3 is 0 Å². The van der Waals surface area contributed by atoms with Gasteiger partial charge in [-0.1, -0.05) is 0 Å². The van der Waals surface area contributed by atoms with Gasteiger partial charge in [0.1, 0.15) is 5.82 Å². The van der Waals surface area contributed by atoms with E-state index >= 15 is 0 Å². The minimum Gasteiger partial charge on any atom is -0.292 e. The number of carbonyl (C=O) groups is 1. The van der Waals surface area contributed by atoms with Crippen LogP contribution in [0, 0.1) is 17.1 Å². The molecule has 0 saturated heterocycles. The molecule has 1 aromatic carbocycles. The van der Waals surface area contributed by atoms with Crippen molar-refractivity contribution < 1.29 is 9.18 Å². The third-order valence-electron chi connectivity index (χ3n) is 2.64. The van der Waals surface area contributed by atoms with E-state index in [2.05, 4.69) is 9.97 Å². The first-order valence-corrected chi connectivity index (χ1v) is 6.94. The first-order chi connectivity index (χ1) is 9.65. The third kappa shape index (κ3) is 3.00. The molecule has 0 aliphatic rings. The Morgan fingerprint density at radius 2 is 2.05 bits per heavy atom. The molecule has 1 aromatic heterocycles. The van der Waals surface area contributed by atoms with Crippen molar-refractivity contribution >= 4 is 17.5 Å². The predicted molar refractivity (Wildman–Crippen MR) is 72.9 cm³/mol. The Kier molecular flexibility index (Phi) is 4.43. The van der Waals surface area contributed by atoms with Crippen LogP contribution in [-0.2, 0) is 0 Å². The third-order valence-corrected chi connectivity index (χ3v) is 3.28. The van der Waals surface area contributed by atoms with Gasteiger partial charge in [0.25, 0.3) is 0 Å². The van der Waals surface area contributed by atoms with E-state index in [1.807, 2.05) is 12.3 Å². The van der Waals surface area contributed by atoms with Crippen molar-refractivity contribution in [2.75, 3.05) is 6.26 Å². The Hall–Kier alpha value is -2.26. The summed E-state index contributed by atoms with van der Waals surface area (Å²) in [7, 11) is 0. The van der Waals surface area contributed by atoms with Gasteiger partial charge in [0.15, 0.2) is 17.5 Å². The number of hydrogen-bond donors (Lipinski definition) is 0. The fourth-order valence-electron chi connectivity index (χ4n) is 1.62. The summed E-state index contributed by atoms with van der Waals surface area (Å²) in [4.78, 5) is 20.4. The lowest BCUT2D eigenvalue weighted by Gasteiger charge is -2.07. The molecule has 20 heavy (non-hydrogen) atoms.